The number of carbonyl (C=O) groups is 2. The molecule has 0 aliphatic heterocycles. The molecule has 0 saturated carbocycles. The molecule has 0 bridgehead atoms. The molecule has 0 aliphatic rings. The van der Waals surface area contributed by atoms with Crippen LogP contribution in [0.25, 0.3) is 0 Å². The molecule has 0 amide bonds. The zero-order valence-corrected chi connectivity index (χ0v) is 30.9. The van der Waals surface area contributed by atoms with Crippen LogP contribution in [0.4, 0.5) is 30.7 Å². The maximum absolute atomic E-state index is 15.3. The van der Waals surface area contributed by atoms with Crippen LogP contribution in [0, 0.1) is 24.4 Å². The van der Waals surface area contributed by atoms with Gasteiger partial charge >= 0.3 is 24.2 Å². The molecule has 0 aromatic heterocycles. The summed E-state index contributed by atoms with van der Waals surface area (Å²) in [5, 5.41) is -0.159. The number of hydrogen-bond donors (Lipinski definition) is 0. The summed E-state index contributed by atoms with van der Waals surface area (Å²) in [5.74, 6) is -6.41. The highest BCUT2D eigenvalue weighted by Gasteiger charge is 2.42. The van der Waals surface area contributed by atoms with Gasteiger partial charge in [0.2, 0.25) is 0 Å². The van der Waals surface area contributed by atoms with E-state index in [1.807, 2.05) is 0 Å². The van der Waals surface area contributed by atoms with Gasteiger partial charge in [0, 0.05) is 11.1 Å². The van der Waals surface area contributed by atoms with E-state index < -0.39 is 64.2 Å². The molecule has 0 heterocycles. The maximum atomic E-state index is 15.3. The number of unbranched alkanes of at least 4 members (excludes halogenated alkanes) is 4. The Bertz CT molecular complexity index is 1760. The van der Waals surface area contributed by atoms with E-state index in [4.69, 9.17) is 14.2 Å². The highest BCUT2D eigenvalue weighted by molar-refractivity contribution is 7.27. The van der Waals surface area contributed by atoms with Gasteiger partial charge in [-0.2, -0.15) is 17.6 Å². The summed E-state index contributed by atoms with van der Waals surface area (Å²) in [7, 11) is 2.05. The van der Waals surface area contributed by atoms with Crippen molar-refractivity contribution in [2.24, 2.45) is 0 Å². The minimum atomic E-state index is -4.49. The lowest BCUT2D eigenvalue weighted by atomic mass is 10.0. The second kappa shape index (κ2) is 19.1. The fraction of sp³-hybridized carbons (Fsp3) is 0.385. The van der Waals surface area contributed by atoms with Crippen molar-refractivity contribution >= 4 is 26.5 Å². The number of hydrogen-bond acceptors (Lipinski definition) is 6. The molecule has 53 heavy (non-hydrogen) atoms. The number of halogens is 7. The van der Waals surface area contributed by atoms with Crippen molar-refractivity contribution in [1.29, 1.82) is 0 Å². The smallest absolute Gasteiger partial charge is 0.432 e. The molecular formula is C39H42F7O6P. The number of esters is 2. The molecule has 1 atom stereocenters. The number of rotatable bonds is 20. The second-order valence-corrected chi connectivity index (χ2v) is 13.2. The fourth-order valence-electron chi connectivity index (χ4n) is 5.17. The summed E-state index contributed by atoms with van der Waals surface area (Å²) in [4.78, 5) is 22.8. The SMILES string of the molecule is C=C(C)C(=O)OCCCCCc1cc(F)c(C(F)(F)Oc2ccc(OC(F)(F)c3c(F)cc(CCCCCOC(=O)C(=C)C)cc3P)cc2C)c(F)c1. The lowest BCUT2D eigenvalue weighted by Crippen LogP contribution is -2.29. The van der Waals surface area contributed by atoms with Gasteiger partial charge in [-0.3, -0.25) is 0 Å². The first-order valence-electron chi connectivity index (χ1n) is 16.8. The highest BCUT2D eigenvalue weighted by Crippen LogP contribution is 2.39. The predicted octanol–water partition coefficient (Wildman–Crippen LogP) is 9.83. The highest BCUT2D eigenvalue weighted by atomic mass is 31.0. The Morgan fingerprint density at radius 1 is 0.660 bits per heavy atom. The Balaban J connectivity index is 1.61. The molecule has 3 aromatic carbocycles. The van der Waals surface area contributed by atoms with Crippen molar-refractivity contribution in [1.82, 2.24) is 0 Å². The van der Waals surface area contributed by atoms with Crippen LogP contribution in [0.1, 0.15) is 80.2 Å². The Morgan fingerprint density at radius 2 is 1.11 bits per heavy atom. The third kappa shape index (κ3) is 12.6. The van der Waals surface area contributed by atoms with Crippen molar-refractivity contribution in [2.75, 3.05) is 13.2 Å². The van der Waals surface area contributed by atoms with E-state index in [2.05, 4.69) is 27.1 Å². The number of aryl methyl sites for hydroxylation is 3. The van der Waals surface area contributed by atoms with Gasteiger partial charge < -0.3 is 18.9 Å². The van der Waals surface area contributed by atoms with E-state index in [0.29, 0.717) is 50.5 Å². The molecule has 0 saturated heterocycles. The molecule has 3 aromatic rings. The fourth-order valence-corrected chi connectivity index (χ4v) is 5.69. The first-order valence-corrected chi connectivity index (χ1v) is 17.4. The van der Waals surface area contributed by atoms with Crippen LogP contribution in [0.2, 0.25) is 0 Å². The van der Waals surface area contributed by atoms with Crippen molar-refractivity contribution in [3.05, 3.63) is 112 Å². The van der Waals surface area contributed by atoms with Crippen molar-refractivity contribution in [3.63, 3.8) is 0 Å². The summed E-state index contributed by atoms with van der Waals surface area (Å²) >= 11 is 0. The van der Waals surface area contributed by atoms with Gasteiger partial charge in [-0.15, -0.1) is 9.24 Å². The van der Waals surface area contributed by atoms with E-state index >= 15 is 22.0 Å². The van der Waals surface area contributed by atoms with Gasteiger partial charge in [-0.1, -0.05) is 19.2 Å². The minimum Gasteiger partial charge on any atom is -0.462 e. The van der Waals surface area contributed by atoms with Crippen LogP contribution in [-0.2, 0) is 44.1 Å². The van der Waals surface area contributed by atoms with Crippen molar-refractivity contribution in [2.45, 2.75) is 84.4 Å². The molecule has 6 nitrogen and oxygen atoms in total. The van der Waals surface area contributed by atoms with Gasteiger partial charge in [-0.05, 0) is 131 Å². The standard InChI is InChI=1S/C39H42F7O6P/c1-23(2)36(47)49-16-10-6-8-12-26-19-29(40)34(30(41)20-26)38(43,44)52-32-15-14-28(18-25(32)5)51-39(45,46)35-31(42)21-27(22-33(35)53)13-9-7-11-17-50-37(48)24(3)4/h14-15,18-22H,1,3,6-13,16-17,53H2,2,4-5H3. The van der Waals surface area contributed by atoms with Crippen LogP contribution in [0.5, 0.6) is 11.5 Å². The van der Waals surface area contributed by atoms with Crippen LogP contribution >= 0.6 is 9.24 Å². The number of alkyl halides is 4. The Labute approximate surface area is 306 Å². The summed E-state index contributed by atoms with van der Waals surface area (Å²) in [5.41, 5.74) is -1.68. The molecule has 0 fully saturated rings. The van der Waals surface area contributed by atoms with Crippen LogP contribution in [0.15, 0.2) is 66.8 Å². The van der Waals surface area contributed by atoms with Gasteiger partial charge in [0.15, 0.2) is 0 Å². The molecule has 0 aliphatic carbocycles. The van der Waals surface area contributed by atoms with Gasteiger partial charge in [0.05, 0.1) is 13.2 Å². The molecule has 1 unspecified atom stereocenters. The predicted molar refractivity (Wildman–Crippen MR) is 189 cm³/mol. The van der Waals surface area contributed by atoms with Gasteiger partial charge in [0.25, 0.3) is 0 Å². The Morgan fingerprint density at radius 3 is 1.57 bits per heavy atom. The summed E-state index contributed by atoms with van der Waals surface area (Å²) < 4.78 is 125. The second-order valence-electron chi connectivity index (χ2n) is 12.6. The van der Waals surface area contributed by atoms with Crippen molar-refractivity contribution in [3.8, 4) is 11.5 Å². The maximum Gasteiger partial charge on any atom is 0.432 e. The van der Waals surface area contributed by atoms with E-state index in [1.165, 1.54) is 26.8 Å². The zero-order chi connectivity index (χ0) is 39.5. The van der Waals surface area contributed by atoms with Gasteiger partial charge in [0.1, 0.15) is 40.1 Å². The first-order chi connectivity index (χ1) is 24.8. The molecular weight excluding hydrogens is 728 g/mol. The van der Waals surface area contributed by atoms with E-state index in [0.717, 1.165) is 36.4 Å². The van der Waals surface area contributed by atoms with E-state index in [1.54, 1.807) is 0 Å². The number of ether oxygens (including phenoxy) is 4. The van der Waals surface area contributed by atoms with Gasteiger partial charge in [-0.25, -0.2) is 22.8 Å². The van der Waals surface area contributed by atoms with E-state index in [9.17, 15) is 18.4 Å². The average Bonchev–Trinajstić information content (AvgIpc) is 3.04. The summed E-state index contributed by atoms with van der Waals surface area (Å²) in [6.07, 6.45) is -4.89. The van der Waals surface area contributed by atoms with Crippen LogP contribution < -0.4 is 14.8 Å². The zero-order valence-electron chi connectivity index (χ0n) is 29.7. The minimum absolute atomic E-state index is 0.132. The van der Waals surface area contributed by atoms with E-state index in [-0.39, 0.29) is 47.2 Å². The Hall–Kier alpha value is -4.38. The number of benzene rings is 3. The molecule has 0 spiro atoms. The summed E-state index contributed by atoms with van der Waals surface area (Å²) in [6, 6.07) is 6.60. The molecule has 288 valence electrons. The Kier molecular flexibility index (Phi) is 15.5. The first kappa shape index (κ1) is 43.0. The lowest BCUT2D eigenvalue weighted by molar-refractivity contribution is -0.191. The quantitative estimate of drug-likeness (QED) is 0.0375. The van der Waals surface area contributed by atoms with Crippen molar-refractivity contribution < 1.29 is 59.3 Å². The topological polar surface area (TPSA) is 71.1 Å². The third-order valence-electron chi connectivity index (χ3n) is 7.88. The average molecular weight is 771 g/mol. The monoisotopic (exact) mass is 770 g/mol. The molecule has 0 radical (unpaired) electrons. The van der Waals surface area contributed by atoms with Crippen LogP contribution in [0.3, 0.4) is 0 Å². The third-order valence-corrected chi connectivity index (χ3v) is 8.33. The normalized spacial score (nSPS) is 11.6. The number of carbonyl (C=O) groups excluding carboxylic acids is 2. The summed E-state index contributed by atoms with van der Waals surface area (Å²) in [6.45, 7) is 11.6. The van der Waals surface area contributed by atoms with Crippen LogP contribution in [-0.4, -0.2) is 25.2 Å². The lowest BCUT2D eigenvalue weighted by Gasteiger charge is -2.23. The molecule has 3 rings (SSSR count). The molecule has 0 N–H and O–H groups in total. The largest absolute Gasteiger partial charge is 0.462 e. The molecule has 14 heteroatoms.